The number of hydrogen-bond donors (Lipinski definition) is 0. The van der Waals surface area contributed by atoms with Crippen LogP contribution in [0.25, 0.3) is 11.1 Å². The third kappa shape index (κ3) is 2.98. The number of carbonyl (C=O) groups excluding carboxylic acids is 1. The normalized spacial score (nSPS) is 23.1. The van der Waals surface area contributed by atoms with Gasteiger partial charge in [-0.3, -0.25) is 4.79 Å². The molecule has 2 aliphatic rings. The van der Waals surface area contributed by atoms with Crippen molar-refractivity contribution in [3.63, 3.8) is 0 Å². The van der Waals surface area contributed by atoms with Gasteiger partial charge in [0, 0.05) is 27.3 Å². The van der Waals surface area contributed by atoms with Gasteiger partial charge >= 0.3 is 0 Å². The van der Waals surface area contributed by atoms with Gasteiger partial charge < -0.3 is 4.84 Å². The molecule has 1 heterocycles. The van der Waals surface area contributed by atoms with Crippen LogP contribution in [-0.4, -0.2) is 11.5 Å². The molecule has 4 aromatic carbocycles. The van der Waals surface area contributed by atoms with Crippen LogP contribution in [0.1, 0.15) is 29.2 Å². The summed E-state index contributed by atoms with van der Waals surface area (Å²) in [5.41, 5.74) is 3.34. The van der Waals surface area contributed by atoms with Crippen LogP contribution in [0.2, 0.25) is 5.02 Å². The highest BCUT2D eigenvalue weighted by atomic mass is 35.5. The first-order valence-electron chi connectivity index (χ1n) is 11.6. The van der Waals surface area contributed by atoms with Gasteiger partial charge in [0.15, 0.2) is 5.78 Å². The van der Waals surface area contributed by atoms with Crippen LogP contribution >= 0.6 is 11.6 Å². The molecule has 1 aliphatic heterocycles. The molecule has 0 spiro atoms. The van der Waals surface area contributed by atoms with E-state index in [-0.39, 0.29) is 5.78 Å². The van der Waals surface area contributed by atoms with Crippen molar-refractivity contribution in [2.24, 2.45) is 10.6 Å². The minimum atomic E-state index is -1.13. The molecule has 0 unspecified atom stereocenters. The summed E-state index contributed by atoms with van der Waals surface area (Å²) in [4.78, 5) is 21.2. The maximum Gasteiger partial charge on any atom is 0.207 e. The molecule has 0 saturated heterocycles. The standard InChI is InChI=1S/C31H22ClNO2/c1-30-28(23-17-19-25(32)20-18-23)33-35-31(30,24-15-9-4-10-16-24)27(22-13-7-3-8-14-22)26(29(30)34)21-11-5-2-6-12-21/h2-20H,1H3/t30-,31+/m0/s1. The average molecular weight is 476 g/mol. The molecule has 2 atom stereocenters. The Morgan fingerprint density at radius 1 is 0.686 bits per heavy atom. The minimum Gasteiger partial charge on any atom is -0.378 e. The molecule has 4 aromatic rings. The van der Waals surface area contributed by atoms with Crippen molar-refractivity contribution in [1.29, 1.82) is 0 Å². The van der Waals surface area contributed by atoms with E-state index in [9.17, 15) is 4.79 Å². The summed E-state index contributed by atoms with van der Waals surface area (Å²) < 4.78 is 0. The van der Waals surface area contributed by atoms with Gasteiger partial charge in [-0.05, 0) is 30.2 Å². The first kappa shape index (κ1) is 21.6. The van der Waals surface area contributed by atoms with Gasteiger partial charge in [-0.1, -0.05) is 120 Å². The molecule has 0 bridgehead atoms. The summed E-state index contributed by atoms with van der Waals surface area (Å²) in [5, 5.41) is 5.24. The van der Waals surface area contributed by atoms with Crippen LogP contribution in [-0.2, 0) is 15.2 Å². The third-order valence-electron chi connectivity index (χ3n) is 7.16. The summed E-state index contributed by atoms with van der Waals surface area (Å²) in [6, 6.07) is 37.2. The van der Waals surface area contributed by atoms with Crippen LogP contribution in [0.4, 0.5) is 0 Å². The molecule has 0 N–H and O–H groups in total. The van der Waals surface area contributed by atoms with E-state index in [1.165, 1.54) is 0 Å². The molecule has 0 amide bonds. The quantitative estimate of drug-likeness (QED) is 0.314. The number of hydrogen-bond acceptors (Lipinski definition) is 3. The zero-order chi connectivity index (χ0) is 24.0. The van der Waals surface area contributed by atoms with Gasteiger partial charge in [0.2, 0.25) is 5.60 Å². The third-order valence-corrected chi connectivity index (χ3v) is 7.41. The summed E-state index contributed by atoms with van der Waals surface area (Å²) in [6.45, 7) is 1.96. The fourth-order valence-corrected chi connectivity index (χ4v) is 5.63. The largest absolute Gasteiger partial charge is 0.378 e. The van der Waals surface area contributed by atoms with Crippen molar-refractivity contribution in [2.45, 2.75) is 12.5 Å². The van der Waals surface area contributed by atoms with E-state index < -0.39 is 11.0 Å². The van der Waals surface area contributed by atoms with Gasteiger partial charge in [0.05, 0.1) is 0 Å². The molecular weight excluding hydrogens is 454 g/mol. The van der Waals surface area contributed by atoms with Crippen molar-refractivity contribution < 1.29 is 9.63 Å². The van der Waals surface area contributed by atoms with Crippen molar-refractivity contribution in [3.8, 4) is 0 Å². The summed E-state index contributed by atoms with van der Waals surface area (Å²) in [5.74, 6) is -0.0161. The maximum atomic E-state index is 14.7. The van der Waals surface area contributed by atoms with Crippen LogP contribution in [0.3, 0.4) is 0 Å². The Balaban J connectivity index is 1.70. The molecule has 170 valence electrons. The Bertz CT molecular complexity index is 1480. The first-order chi connectivity index (χ1) is 17.1. The average Bonchev–Trinajstić information content (AvgIpc) is 3.33. The predicted molar refractivity (Wildman–Crippen MR) is 140 cm³/mol. The van der Waals surface area contributed by atoms with Gasteiger partial charge in [-0.2, -0.15) is 0 Å². The molecule has 35 heavy (non-hydrogen) atoms. The lowest BCUT2D eigenvalue weighted by Crippen LogP contribution is -2.47. The van der Waals surface area contributed by atoms with Gasteiger partial charge in [0.1, 0.15) is 11.1 Å². The van der Waals surface area contributed by atoms with E-state index in [1.54, 1.807) is 0 Å². The second-order valence-electron chi connectivity index (χ2n) is 9.02. The predicted octanol–water partition coefficient (Wildman–Crippen LogP) is 7.17. The van der Waals surface area contributed by atoms with Crippen molar-refractivity contribution in [1.82, 2.24) is 0 Å². The number of fused-ring (bicyclic) bond motifs is 1. The maximum absolute atomic E-state index is 14.7. The fourth-order valence-electron chi connectivity index (χ4n) is 5.51. The van der Waals surface area contributed by atoms with Crippen molar-refractivity contribution in [3.05, 3.63) is 143 Å². The van der Waals surface area contributed by atoms with E-state index in [0.717, 1.165) is 27.8 Å². The second-order valence-corrected chi connectivity index (χ2v) is 9.46. The van der Waals surface area contributed by atoms with Crippen LogP contribution in [0.15, 0.2) is 120 Å². The first-order valence-corrected chi connectivity index (χ1v) is 11.9. The Labute approximate surface area is 209 Å². The second kappa shape index (κ2) is 8.07. The molecule has 0 saturated carbocycles. The highest BCUT2D eigenvalue weighted by Crippen LogP contribution is 2.65. The van der Waals surface area contributed by atoms with E-state index in [4.69, 9.17) is 16.4 Å². The van der Waals surface area contributed by atoms with E-state index in [0.29, 0.717) is 16.3 Å². The van der Waals surface area contributed by atoms with E-state index >= 15 is 0 Å². The smallest absolute Gasteiger partial charge is 0.207 e. The Morgan fingerprint density at radius 3 is 1.83 bits per heavy atom. The molecule has 0 radical (unpaired) electrons. The lowest BCUT2D eigenvalue weighted by atomic mass is 9.64. The zero-order valence-electron chi connectivity index (χ0n) is 19.1. The van der Waals surface area contributed by atoms with Crippen LogP contribution in [0.5, 0.6) is 0 Å². The summed E-state index contributed by atoms with van der Waals surface area (Å²) >= 11 is 6.18. The number of rotatable bonds is 4. The Kier molecular flexibility index (Phi) is 4.98. The number of allylic oxidation sites excluding steroid dienone is 1. The number of ketones is 1. The molecule has 3 nitrogen and oxygen atoms in total. The van der Waals surface area contributed by atoms with Gasteiger partial charge in [-0.25, -0.2) is 0 Å². The van der Waals surface area contributed by atoms with E-state index in [2.05, 4.69) is 5.16 Å². The highest BCUT2D eigenvalue weighted by Gasteiger charge is 2.71. The molecule has 4 heteroatoms. The molecule has 0 fully saturated rings. The van der Waals surface area contributed by atoms with Crippen molar-refractivity contribution in [2.75, 3.05) is 0 Å². The Morgan fingerprint density at radius 2 is 1.23 bits per heavy atom. The number of oxime groups is 1. The Hall–Kier alpha value is -3.95. The molecule has 6 rings (SSSR count). The highest BCUT2D eigenvalue weighted by molar-refractivity contribution is 6.43. The summed E-state index contributed by atoms with van der Waals surface area (Å²) in [7, 11) is 0. The number of carbonyl (C=O) groups is 1. The SMILES string of the molecule is C[C@]12C(=O)C(c3ccccc3)=C(c3ccccc3)[C@@]1(c1ccccc1)ON=C2c1ccc(Cl)cc1. The number of halogens is 1. The zero-order valence-corrected chi connectivity index (χ0v) is 19.9. The molecular formula is C31H22ClNO2. The van der Waals surface area contributed by atoms with Crippen LogP contribution < -0.4 is 0 Å². The lowest BCUT2D eigenvalue weighted by Gasteiger charge is -2.37. The van der Waals surface area contributed by atoms with Gasteiger partial charge in [0.25, 0.3) is 0 Å². The number of benzene rings is 4. The molecule has 1 aliphatic carbocycles. The minimum absolute atomic E-state index is 0.0161. The fraction of sp³-hybridized carbons (Fsp3) is 0.0968. The lowest BCUT2D eigenvalue weighted by molar-refractivity contribution is -0.126. The number of nitrogens with zero attached hydrogens (tertiary/aromatic N) is 1. The topological polar surface area (TPSA) is 38.7 Å². The van der Waals surface area contributed by atoms with Crippen molar-refractivity contribution >= 4 is 34.2 Å². The molecule has 0 aromatic heterocycles. The van der Waals surface area contributed by atoms with Gasteiger partial charge in [-0.15, -0.1) is 0 Å². The van der Waals surface area contributed by atoms with Crippen LogP contribution in [0, 0.1) is 5.41 Å². The monoisotopic (exact) mass is 475 g/mol. The summed E-state index contributed by atoms with van der Waals surface area (Å²) in [6.07, 6.45) is 0. The van der Waals surface area contributed by atoms with E-state index in [1.807, 2.05) is 122 Å². The number of Topliss-reactive ketones (excluding diaryl/α,β-unsaturated/α-hetero) is 1.